The van der Waals surface area contributed by atoms with Crippen LogP contribution in [0.25, 0.3) is 0 Å². The Kier molecular flexibility index (Phi) is 3.87. The van der Waals surface area contributed by atoms with E-state index in [1.807, 2.05) is 0 Å². The van der Waals surface area contributed by atoms with Crippen LogP contribution < -0.4 is 5.73 Å². The Morgan fingerprint density at radius 1 is 1.26 bits per heavy atom. The highest BCUT2D eigenvalue weighted by atomic mass is 16.5. The van der Waals surface area contributed by atoms with Crippen molar-refractivity contribution in [1.29, 1.82) is 0 Å². The molecule has 19 heavy (non-hydrogen) atoms. The van der Waals surface area contributed by atoms with E-state index in [9.17, 15) is 0 Å². The first kappa shape index (κ1) is 13.1. The van der Waals surface area contributed by atoms with Crippen LogP contribution in [0.4, 0.5) is 0 Å². The van der Waals surface area contributed by atoms with Crippen molar-refractivity contribution in [3.8, 4) is 0 Å². The fraction of sp³-hybridized carbons (Fsp3) is 0.625. The predicted octanol–water partition coefficient (Wildman–Crippen LogP) is 2.49. The third kappa shape index (κ3) is 2.69. The molecule has 0 spiro atoms. The molecule has 3 nitrogen and oxygen atoms in total. The minimum atomic E-state index is 0.326. The van der Waals surface area contributed by atoms with Crippen molar-refractivity contribution in [2.45, 2.75) is 31.4 Å². The Balaban J connectivity index is 1.71. The van der Waals surface area contributed by atoms with Crippen LogP contribution in [0.5, 0.6) is 0 Å². The smallest absolute Gasteiger partial charge is 0.0825 e. The molecule has 0 bridgehead atoms. The first-order valence-electron chi connectivity index (χ1n) is 7.39. The molecule has 104 valence electrons. The summed E-state index contributed by atoms with van der Waals surface area (Å²) >= 11 is 0. The van der Waals surface area contributed by atoms with Crippen molar-refractivity contribution in [2.75, 3.05) is 26.7 Å². The van der Waals surface area contributed by atoms with E-state index < -0.39 is 0 Å². The number of hydrogen-bond acceptors (Lipinski definition) is 3. The number of likely N-dealkylation sites (tertiary alicyclic amines) is 1. The molecule has 2 heterocycles. The van der Waals surface area contributed by atoms with Gasteiger partial charge in [-0.25, -0.2) is 0 Å². The van der Waals surface area contributed by atoms with Crippen molar-refractivity contribution in [2.24, 2.45) is 11.7 Å². The van der Waals surface area contributed by atoms with Crippen molar-refractivity contribution < 1.29 is 4.74 Å². The molecule has 2 N–H and O–H groups in total. The summed E-state index contributed by atoms with van der Waals surface area (Å²) < 4.78 is 5.73. The highest BCUT2D eigenvalue weighted by Crippen LogP contribution is 2.35. The summed E-state index contributed by atoms with van der Waals surface area (Å²) in [6.45, 7) is 2.83. The van der Waals surface area contributed by atoms with Crippen LogP contribution >= 0.6 is 0 Å². The van der Waals surface area contributed by atoms with Crippen molar-refractivity contribution in [3.05, 3.63) is 35.4 Å². The first-order valence-corrected chi connectivity index (χ1v) is 7.39. The number of hydrogen-bond donors (Lipinski definition) is 1. The van der Waals surface area contributed by atoms with Gasteiger partial charge in [-0.2, -0.15) is 0 Å². The van der Waals surface area contributed by atoms with E-state index in [1.165, 1.54) is 24.0 Å². The largest absolute Gasteiger partial charge is 0.374 e. The van der Waals surface area contributed by atoms with E-state index in [0.717, 1.165) is 26.1 Å². The lowest BCUT2D eigenvalue weighted by Crippen LogP contribution is -2.20. The molecule has 3 heteroatoms. The van der Waals surface area contributed by atoms with Gasteiger partial charge in [0.25, 0.3) is 0 Å². The van der Waals surface area contributed by atoms with Gasteiger partial charge in [-0.1, -0.05) is 24.3 Å². The summed E-state index contributed by atoms with van der Waals surface area (Å²) in [5, 5.41) is 0. The summed E-state index contributed by atoms with van der Waals surface area (Å²) in [5.41, 5.74) is 8.55. The fourth-order valence-electron chi connectivity index (χ4n) is 3.44. The standard InChI is InChI=1S/C16H24N2O/c1-18-11-12(10-17)9-15(18)13-4-6-14(7-5-13)16-3-2-8-19-16/h4-7,12,15-16H,2-3,8-11,17H2,1H3. The Labute approximate surface area is 115 Å². The van der Waals surface area contributed by atoms with Crippen LogP contribution in [0, 0.1) is 5.92 Å². The zero-order valence-corrected chi connectivity index (χ0v) is 11.7. The molecular formula is C16H24N2O. The Morgan fingerprint density at radius 3 is 2.58 bits per heavy atom. The average molecular weight is 260 g/mol. The highest BCUT2D eigenvalue weighted by Gasteiger charge is 2.29. The van der Waals surface area contributed by atoms with Crippen LogP contribution in [0.3, 0.4) is 0 Å². The summed E-state index contributed by atoms with van der Waals surface area (Å²) in [7, 11) is 2.20. The molecule has 3 unspecified atom stereocenters. The van der Waals surface area contributed by atoms with Gasteiger partial charge in [-0.3, -0.25) is 4.90 Å². The van der Waals surface area contributed by atoms with Crippen LogP contribution in [0.15, 0.2) is 24.3 Å². The van der Waals surface area contributed by atoms with Gasteiger partial charge in [-0.05, 0) is 49.9 Å². The Bertz CT molecular complexity index is 411. The maximum atomic E-state index is 5.80. The fourth-order valence-corrected chi connectivity index (χ4v) is 3.44. The third-order valence-electron chi connectivity index (χ3n) is 4.59. The van der Waals surface area contributed by atoms with Crippen LogP contribution in [0.1, 0.15) is 42.5 Å². The second-order valence-electron chi connectivity index (χ2n) is 5.96. The molecule has 1 aromatic rings. The number of benzene rings is 1. The molecule has 1 aromatic carbocycles. The molecule has 0 radical (unpaired) electrons. The molecule has 2 fully saturated rings. The lowest BCUT2D eigenvalue weighted by molar-refractivity contribution is 0.112. The number of ether oxygens (including phenoxy) is 1. The van der Waals surface area contributed by atoms with Crippen LogP contribution in [-0.4, -0.2) is 31.6 Å². The van der Waals surface area contributed by atoms with E-state index in [-0.39, 0.29) is 0 Å². The van der Waals surface area contributed by atoms with Crippen LogP contribution in [0.2, 0.25) is 0 Å². The Hall–Kier alpha value is -0.900. The van der Waals surface area contributed by atoms with Crippen molar-refractivity contribution >= 4 is 0 Å². The molecule has 2 aliphatic rings. The van der Waals surface area contributed by atoms with E-state index in [1.54, 1.807) is 0 Å². The highest BCUT2D eigenvalue weighted by molar-refractivity contribution is 5.27. The molecule has 0 amide bonds. The normalized spacial score (nSPS) is 32.0. The summed E-state index contributed by atoms with van der Waals surface area (Å²) in [6.07, 6.45) is 3.87. The SMILES string of the molecule is CN1CC(CN)CC1c1ccc(C2CCCO2)cc1. The van der Waals surface area contributed by atoms with Gasteiger partial charge in [0.1, 0.15) is 0 Å². The zero-order chi connectivity index (χ0) is 13.2. The maximum absolute atomic E-state index is 5.80. The molecule has 2 aliphatic heterocycles. The second-order valence-corrected chi connectivity index (χ2v) is 5.96. The van der Waals surface area contributed by atoms with Gasteiger partial charge < -0.3 is 10.5 Å². The van der Waals surface area contributed by atoms with Gasteiger partial charge in [0.05, 0.1) is 6.10 Å². The topological polar surface area (TPSA) is 38.5 Å². The minimum absolute atomic E-state index is 0.326. The van der Waals surface area contributed by atoms with Gasteiger partial charge in [0, 0.05) is 19.2 Å². The van der Waals surface area contributed by atoms with E-state index in [0.29, 0.717) is 18.1 Å². The number of nitrogens with zero attached hydrogens (tertiary/aromatic N) is 1. The van der Waals surface area contributed by atoms with E-state index in [2.05, 4.69) is 36.2 Å². The molecule has 3 atom stereocenters. The van der Waals surface area contributed by atoms with Gasteiger partial charge in [0.15, 0.2) is 0 Å². The number of rotatable bonds is 3. The van der Waals surface area contributed by atoms with Crippen LogP contribution in [-0.2, 0) is 4.74 Å². The maximum Gasteiger partial charge on any atom is 0.0825 e. The van der Waals surface area contributed by atoms with Gasteiger partial charge in [0.2, 0.25) is 0 Å². The molecule has 3 rings (SSSR count). The second kappa shape index (κ2) is 5.61. The Morgan fingerprint density at radius 2 is 2.00 bits per heavy atom. The van der Waals surface area contributed by atoms with Gasteiger partial charge in [-0.15, -0.1) is 0 Å². The van der Waals surface area contributed by atoms with Crippen molar-refractivity contribution in [3.63, 3.8) is 0 Å². The quantitative estimate of drug-likeness (QED) is 0.907. The molecule has 0 aliphatic carbocycles. The predicted molar refractivity (Wildman–Crippen MR) is 76.9 cm³/mol. The van der Waals surface area contributed by atoms with Gasteiger partial charge >= 0.3 is 0 Å². The molecule has 0 aromatic heterocycles. The third-order valence-corrected chi connectivity index (χ3v) is 4.59. The number of nitrogens with two attached hydrogens (primary N) is 1. The molecule has 0 saturated carbocycles. The van der Waals surface area contributed by atoms with E-state index in [4.69, 9.17) is 10.5 Å². The average Bonchev–Trinajstić information content (AvgIpc) is 3.08. The van der Waals surface area contributed by atoms with Crippen molar-refractivity contribution in [1.82, 2.24) is 4.90 Å². The minimum Gasteiger partial charge on any atom is -0.374 e. The lowest BCUT2D eigenvalue weighted by atomic mass is 9.97. The first-order chi connectivity index (χ1) is 9.28. The summed E-state index contributed by atoms with van der Waals surface area (Å²) in [4.78, 5) is 2.43. The summed E-state index contributed by atoms with van der Waals surface area (Å²) in [5.74, 6) is 0.646. The lowest BCUT2D eigenvalue weighted by Gasteiger charge is -2.20. The molecule has 2 saturated heterocycles. The zero-order valence-electron chi connectivity index (χ0n) is 11.7. The molecular weight excluding hydrogens is 236 g/mol. The van der Waals surface area contributed by atoms with E-state index >= 15 is 0 Å². The summed E-state index contributed by atoms with van der Waals surface area (Å²) in [6, 6.07) is 9.57. The monoisotopic (exact) mass is 260 g/mol.